The molecule has 0 bridgehead atoms. The fourth-order valence-corrected chi connectivity index (χ4v) is 4.05. The number of nitrogens with zero attached hydrogens (tertiary/aromatic N) is 6. The lowest BCUT2D eigenvalue weighted by molar-refractivity contribution is -0.134. The van der Waals surface area contributed by atoms with E-state index in [4.69, 9.17) is 4.74 Å². The third-order valence-corrected chi connectivity index (χ3v) is 5.85. The number of hydrogen-bond donors (Lipinski definition) is 1. The number of hydrogen-bond acceptors (Lipinski definition) is 7. The average Bonchev–Trinajstić information content (AvgIpc) is 3.29. The van der Waals surface area contributed by atoms with Crippen LogP contribution in [0.4, 0.5) is 5.82 Å². The fraction of sp³-hybridized carbons (Fsp3) is 0.435. The van der Waals surface area contributed by atoms with Gasteiger partial charge >= 0.3 is 0 Å². The first-order valence-electron chi connectivity index (χ1n) is 11.0. The van der Waals surface area contributed by atoms with Crippen molar-refractivity contribution in [3.63, 3.8) is 0 Å². The molecule has 174 valence electrons. The van der Waals surface area contributed by atoms with Crippen molar-refractivity contribution in [3.8, 4) is 5.75 Å². The van der Waals surface area contributed by atoms with Crippen molar-refractivity contribution in [1.82, 2.24) is 29.8 Å². The number of amides is 2. The Balaban J connectivity index is 1.45. The van der Waals surface area contributed by atoms with Crippen molar-refractivity contribution in [1.29, 1.82) is 0 Å². The van der Waals surface area contributed by atoms with E-state index in [0.29, 0.717) is 43.3 Å². The number of fused-ring (bicyclic) bond motifs is 1. The number of rotatable bonds is 6. The normalized spacial score (nSPS) is 15.1. The molecule has 2 aromatic heterocycles. The summed E-state index contributed by atoms with van der Waals surface area (Å²) in [6, 6.07) is 8.35. The Labute approximate surface area is 192 Å². The zero-order valence-corrected chi connectivity index (χ0v) is 19.4. The molecule has 1 aromatic carbocycles. The molecule has 0 spiro atoms. The van der Waals surface area contributed by atoms with E-state index in [1.165, 1.54) is 13.4 Å². The van der Waals surface area contributed by atoms with Gasteiger partial charge in [0.15, 0.2) is 0 Å². The van der Waals surface area contributed by atoms with Gasteiger partial charge < -0.3 is 19.9 Å². The van der Waals surface area contributed by atoms with Crippen LogP contribution in [0.25, 0.3) is 5.78 Å². The first-order chi connectivity index (χ1) is 15.9. The van der Waals surface area contributed by atoms with Crippen LogP contribution in [0.3, 0.4) is 0 Å². The maximum atomic E-state index is 13.4. The Bertz CT molecular complexity index is 1150. The van der Waals surface area contributed by atoms with Gasteiger partial charge in [-0.25, -0.2) is 4.98 Å². The van der Waals surface area contributed by atoms with Crippen molar-refractivity contribution in [2.45, 2.75) is 26.8 Å². The highest BCUT2D eigenvalue weighted by Gasteiger charge is 2.32. The minimum Gasteiger partial charge on any atom is -0.496 e. The summed E-state index contributed by atoms with van der Waals surface area (Å²) >= 11 is 0. The molecule has 2 amide bonds. The third kappa shape index (κ3) is 4.59. The number of ether oxygens (including phenoxy) is 1. The van der Waals surface area contributed by atoms with E-state index in [-0.39, 0.29) is 17.7 Å². The molecule has 1 fully saturated rings. The molecule has 1 unspecified atom stereocenters. The van der Waals surface area contributed by atoms with Crippen molar-refractivity contribution < 1.29 is 14.3 Å². The number of carbonyl (C=O) groups excluding carboxylic acids is 2. The lowest BCUT2D eigenvalue weighted by atomic mass is 10.0. The third-order valence-electron chi connectivity index (χ3n) is 5.85. The van der Waals surface area contributed by atoms with E-state index in [1.54, 1.807) is 28.8 Å². The lowest BCUT2D eigenvalue weighted by Gasteiger charge is -2.38. The summed E-state index contributed by atoms with van der Waals surface area (Å²) in [5.41, 5.74) is 1.27. The maximum absolute atomic E-state index is 13.4. The molecule has 1 aliphatic heterocycles. The first kappa shape index (κ1) is 22.5. The largest absolute Gasteiger partial charge is 0.496 e. The Morgan fingerprint density at radius 3 is 2.55 bits per heavy atom. The molecule has 1 saturated heterocycles. The number of para-hydroxylation sites is 1. The summed E-state index contributed by atoms with van der Waals surface area (Å²) in [5, 5.41) is 7.20. The number of anilines is 1. The highest BCUT2D eigenvalue weighted by molar-refractivity contribution is 5.99. The zero-order chi connectivity index (χ0) is 23.5. The lowest BCUT2D eigenvalue weighted by Crippen LogP contribution is -2.56. The van der Waals surface area contributed by atoms with Crippen LogP contribution in [0.2, 0.25) is 0 Å². The van der Waals surface area contributed by atoms with Gasteiger partial charge in [0.1, 0.15) is 23.9 Å². The van der Waals surface area contributed by atoms with Crippen LogP contribution in [0, 0.1) is 12.8 Å². The predicted octanol–water partition coefficient (Wildman–Crippen LogP) is 1.54. The Hall–Kier alpha value is -3.69. The SMILES string of the molecule is COc1ccccc1C(=O)NC(C(=O)N1CCN(c2cc(C)nc3ncnn23)CC1)C(C)C. The minimum absolute atomic E-state index is 0.0631. The molecule has 3 heterocycles. The molecule has 10 heteroatoms. The van der Waals surface area contributed by atoms with Gasteiger partial charge in [-0.2, -0.15) is 14.6 Å². The number of carbonyl (C=O) groups is 2. The Morgan fingerprint density at radius 1 is 1.12 bits per heavy atom. The van der Waals surface area contributed by atoms with Crippen LogP contribution >= 0.6 is 0 Å². The fourth-order valence-electron chi connectivity index (χ4n) is 4.05. The number of methoxy groups -OCH3 is 1. The van der Waals surface area contributed by atoms with E-state index >= 15 is 0 Å². The monoisotopic (exact) mass is 451 g/mol. The molecule has 4 rings (SSSR count). The molecule has 1 N–H and O–H groups in total. The number of nitrogens with one attached hydrogen (secondary N) is 1. The van der Waals surface area contributed by atoms with Crippen LogP contribution in [0.15, 0.2) is 36.7 Å². The number of aromatic nitrogens is 4. The topological polar surface area (TPSA) is 105 Å². The molecular formula is C23H29N7O3. The van der Waals surface area contributed by atoms with E-state index < -0.39 is 6.04 Å². The molecule has 33 heavy (non-hydrogen) atoms. The van der Waals surface area contributed by atoms with Gasteiger partial charge in [-0.3, -0.25) is 9.59 Å². The van der Waals surface area contributed by atoms with Crippen LogP contribution in [0.5, 0.6) is 5.75 Å². The molecule has 1 atom stereocenters. The Morgan fingerprint density at radius 2 is 1.85 bits per heavy atom. The number of aryl methyl sites for hydroxylation is 1. The Kier molecular flexibility index (Phi) is 6.43. The van der Waals surface area contributed by atoms with Crippen LogP contribution in [-0.4, -0.2) is 75.6 Å². The van der Waals surface area contributed by atoms with Gasteiger partial charge in [-0.1, -0.05) is 26.0 Å². The van der Waals surface area contributed by atoms with E-state index in [0.717, 1.165) is 11.5 Å². The summed E-state index contributed by atoms with van der Waals surface area (Å²) in [6.07, 6.45) is 1.49. The summed E-state index contributed by atoms with van der Waals surface area (Å²) in [6.45, 7) is 8.18. The standard InChI is InChI=1S/C23H29N7O3/c1-15(2)20(27-21(31)17-7-5-6-8-18(17)33-4)22(32)29-11-9-28(10-12-29)19-13-16(3)26-23-24-14-25-30(19)23/h5-8,13-15,20H,9-12H2,1-4H3,(H,27,31). The maximum Gasteiger partial charge on any atom is 0.255 e. The summed E-state index contributed by atoms with van der Waals surface area (Å²) in [5.74, 6) is 1.48. The van der Waals surface area contributed by atoms with E-state index in [1.807, 2.05) is 31.7 Å². The predicted molar refractivity (Wildman–Crippen MR) is 123 cm³/mol. The minimum atomic E-state index is -0.626. The van der Waals surface area contributed by atoms with Crippen LogP contribution in [0.1, 0.15) is 29.9 Å². The molecule has 0 saturated carbocycles. The quantitative estimate of drug-likeness (QED) is 0.606. The van der Waals surface area contributed by atoms with E-state index in [9.17, 15) is 9.59 Å². The highest BCUT2D eigenvalue weighted by atomic mass is 16.5. The van der Waals surface area contributed by atoms with Crippen molar-refractivity contribution in [2.24, 2.45) is 5.92 Å². The summed E-state index contributed by atoms with van der Waals surface area (Å²) < 4.78 is 7.01. The van der Waals surface area contributed by atoms with Crippen LogP contribution in [-0.2, 0) is 4.79 Å². The van der Waals surface area contributed by atoms with Gasteiger partial charge in [0.25, 0.3) is 11.7 Å². The smallest absolute Gasteiger partial charge is 0.255 e. The molecule has 10 nitrogen and oxygen atoms in total. The van der Waals surface area contributed by atoms with E-state index in [2.05, 4.69) is 25.3 Å². The van der Waals surface area contributed by atoms with Gasteiger partial charge in [0.2, 0.25) is 5.91 Å². The van der Waals surface area contributed by atoms with Gasteiger partial charge in [-0.15, -0.1) is 0 Å². The average molecular weight is 452 g/mol. The summed E-state index contributed by atoms with van der Waals surface area (Å²) in [4.78, 5) is 38.8. The summed E-state index contributed by atoms with van der Waals surface area (Å²) in [7, 11) is 1.52. The van der Waals surface area contributed by atoms with Gasteiger partial charge in [-0.05, 0) is 25.0 Å². The number of benzene rings is 1. The van der Waals surface area contributed by atoms with Crippen molar-refractivity contribution >= 4 is 23.4 Å². The van der Waals surface area contributed by atoms with Crippen LogP contribution < -0.4 is 15.0 Å². The second-order valence-corrected chi connectivity index (χ2v) is 8.44. The van der Waals surface area contributed by atoms with Crippen molar-refractivity contribution in [3.05, 3.63) is 47.9 Å². The first-order valence-corrected chi connectivity index (χ1v) is 11.0. The second kappa shape index (κ2) is 9.43. The van der Waals surface area contributed by atoms with Gasteiger partial charge in [0.05, 0.1) is 12.7 Å². The zero-order valence-electron chi connectivity index (χ0n) is 19.4. The van der Waals surface area contributed by atoms with Crippen molar-refractivity contribution in [2.75, 3.05) is 38.2 Å². The molecular weight excluding hydrogens is 422 g/mol. The molecule has 3 aromatic rings. The number of piperazine rings is 1. The molecule has 0 aliphatic carbocycles. The second-order valence-electron chi connectivity index (χ2n) is 8.44. The molecule has 1 aliphatic rings. The highest BCUT2D eigenvalue weighted by Crippen LogP contribution is 2.20. The molecule has 0 radical (unpaired) electrons. The van der Waals surface area contributed by atoms with Gasteiger partial charge in [0, 0.05) is 37.9 Å².